The van der Waals surface area contributed by atoms with Crippen LogP contribution in [-0.4, -0.2) is 367 Å². The average Bonchev–Trinajstić information content (AvgIpc) is 1.64. The molecule has 12 fully saturated rings. The van der Waals surface area contributed by atoms with Crippen molar-refractivity contribution in [2.45, 2.75) is 222 Å². The molecule has 0 spiro atoms. The smallest absolute Gasteiger partial charge is 0.508 e. The van der Waals surface area contributed by atoms with Crippen LogP contribution in [0, 0.1) is 29.6 Å². The van der Waals surface area contributed by atoms with Gasteiger partial charge in [-0.05, 0) is 140 Å². The largest absolute Gasteiger partial charge is 0.555 e. The van der Waals surface area contributed by atoms with Gasteiger partial charge in [0.05, 0.1) is 51.4 Å². The van der Waals surface area contributed by atoms with Crippen LogP contribution >= 0.6 is 0 Å². The van der Waals surface area contributed by atoms with Crippen LogP contribution in [-0.2, 0) is 118 Å². The molecule has 12 aliphatic heterocycles. The minimum absolute atomic E-state index is 0.0187. The van der Waals surface area contributed by atoms with E-state index in [1.165, 1.54) is 9.80 Å². The number of nitrogens with zero attached hydrogens (tertiary/aromatic N) is 6. The zero-order chi connectivity index (χ0) is 91.8. The summed E-state index contributed by atoms with van der Waals surface area (Å²) in [5.74, 6) is -5.42. The Balaban J connectivity index is 0.000000203. The fourth-order valence-corrected chi connectivity index (χ4v) is 17.0. The Bertz CT molecular complexity index is 3670. The number of rotatable bonds is 20. The number of hydrogen-bond acceptors (Lipinski definition) is 39. The van der Waals surface area contributed by atoms with Crippen LogP contribution in [0.4, 0.5) is 0 Å². The third-order valence-corrected chi connectivity index (χ3v) is 23.9. The van der Waals surface area contributed by atoms with E-state index in [1.807, 2.05) is 55.4 Å². The van der Waals surface area contributed by atoms with Crippen molar-refractivity contribution < 1.29 is 128 Å². The molecular weight excluding hydrogens is 1610 g/mol. The van der Waals surface area contributed by atoms with Gasteiger partial charge in [0.2, 0.25) is 35.4 Å². The Kier molecular flexibility index (Phi) is 37.6. The van der Waals surface area contributed by atoms with E-state index < -0.39 is 167 Å². The van der Waals surface area contributed by atoms with E-state index in [0.29, 0.717) is 116 Å². The van der Waals surface area contributed by atoms with E-state index in [1.54, 1.807) is 40.4 Å². The van der Waals surface area contributed by atoms with Crippen LogP contribution in [0.25, 0.3) is 0 Å². The first kappa shape index (κ1) is 103. The molecule has 0 aromatic heterocycles. The zero-order valence-corrected chi connectivity index (χ0v) is 72.9. The standard InChI is InChI=1S/C13H24BN3O5.C13H24BN3O4.2C12H22BN3O4.C11H20BN3O6.C11H20BN3O4/c1-8(2)21-14-4-3-9-5-17(11(19)10(15)6-18)7-13(9,16)12(20)22-14;1-8(2)20-14-5-4-10-6-17(11(18)9(3)15)7-13(10,16)12(19)21-14;1-8(2)19-13-4-3-9-6-16(10(17)5-14)7-12(9,15)11(18)20-13;1-3-19-13-5-4-9-6-16(10(17)8(2)14)7-12(9,15)11(18)20-13;1-2-20-12-6-19-8-3-15(9(17)7(13)4-16)5-11(8,14)10(18)21-12;1-2-18-12-4-3-8-6-15(9(16)5-13)7-11(8,14)10(17)19-12/h8-10,18H,3-7,15-16H2,1-2H3;8-10H,4-7,15-16H2,1-3H3;2*8-9H,3-7,14-15H2,1-2H3;7-8,16H,2-6,13-14H2,1H3;8H,2-7,13-14H2,1H3. The van der Waals surface area contributed by atoms with Crippen LogP contribution in [0.3, 0.4) is 0 Å². The second-order valence-corrected chi connectivity index (χ2v) is 34.4. The van der Waals surface area contributed by atoms with Crippen molar-refractivity contribution in [2.75, 3.05) is 131 Å². The summed E-state index contributed by atoms with van der Waals surface area (Å²) >= 11 is 0. The van der Waals surface area contributed by atoms with Gasteiger partial charge in [-0.1, -0.05) is 0 Å². The first-order valence-corrected chi connectivity index (χ1v) is 42.5. The third-order valence-electron chi connectivity index (χ3n) is 23.9. The van der Waals surface area contributed by atoms with E-state index in [9.17, 15) is 57.5 Å². The fourth-order valence-electron chi connectivity index (χ4n) is 17.0. The molecule has 12 aliphatic rings. The highest BCUT2D eigenvalue weighted by Gasteiger charge is 2.61. The molecule has 0 aromatic carbocycles. The van der Waals surface area contributed by atoms with Gasteiger partial charge in [0.1, 0.15) is 45.9 Å². The number of ether oxygens (including phenoxy) is 1. The summed E-state index contributed by atoms with van der Waals surface area (Å²) in [5, 5.41) is 17.9. The van der Waals surface area contributed by atoms with Gasteiger partial charge < -0.3 is 169 Å². The number of nitrogens with two attached hydrogens (primary N) is 12. The molecule has 0 radical (unpaired) electrons. The van der Waals surface area contributed by atoms with Crippen molar-refractivity contribution in [3.63, 3.8) is 0 Å². The SMILES string of the molecule is CC(C)OB1CCC2CN(C(=O)C(C)N)CC2(N)C(=O)O1.CC(C)OB1CCC2CN(C(=O)C(N)CO)CC2(N)C(=O)O1.CC(C)OB1CCC2CN(C(=O)CN)CC2(N)C(=O)O1.CCOB1CCC2CN(C(=O)C(C)N)CC2(N)C(=O)O1.CCOB1CCC2CN(C(=O)CN)CC2(N)C(=O)O1.CCOB1COC2CN(C(=O)C(N)CO)CC2(N)C(=O)O1. The van der Waals surface area contributed by atoms with Gasteiger partial charge >= 0.3 is 78.5 Å². The van der Waals surface area contributed by atoms with Crippen LogP contribution in [0.1, 0.15) is 108 Å². The van der Waals surface area contributed by atoms with E-state index >= 15 is 0 Å². The average molecular weight is 1750 g/mol. The molecule has 51 heteroatoms. The number of carbonyl (C=O) groups excluding carboxylic acids is 12. The second-order valence-electron chi connectivity index (χ2n) is 34.4. The van der Waals surface area contributed by atoms with Crippen molar-refractivity contribution >= 4 is 114 Å². The van der Waals surface area contributed by atoms with Gasteiger partial charge in [0.25, 0.3) is 0 Å². The Hall–Kier alpha value is -6.81. The lowest BCUT2D eigenvalue weighted by atomic mass is 9.78. The quantitative estimate of drug-likeness (QED) is 0.0503. The van der Waals surface area contributed by atoms with Gasteiger partial charge in [-0.3, -0.25) is 57.5 Å². The van der Waals surface area contributed by atoms with Crippen molar-refractivity contribution in [1.82, 2.24) is 29.4 Å². The van der Waals surface area contributed by atoms with E-state index in [0.717, 1.165) is 0 Å². The van der Waals surface area contributed by atoms with Crippen molar-refractivity contribution in [1.29, 1.82) is 0 Å². The topological polar surface area (TPSA) is 697 Å². The summed E-state index contributed by atoms with van der Waals surface area (Å²) in [4.78, 5) is 154. The number of carbonyl (C=O) groups is 12. The Morgan fingerprint density at radius 2 is 0.610 bits per heavy atom. The lowest BCUT2D eigenvalue weighted by Crippen LogP contribution is -2.58. The molecule has 0 saturated carbocycles. The van der Waals surface area contributed by atoms with Gasteiger partial charge in [0, 0.05) is 140 Å². The molecule has 16 unspecified atom stereocenters. The third kappa shape index (κ3) is 25.2. The zero-order valence-electron chi connectivity index (χ0n) is 72.9. The molecule has 26 N–H and O–H groups in total. The van der Waals surface area contributed by atoms with Crippen molar-refractivity contribution in [3.05, 3.63) is 0 Å². The highest BCUT2D eigenvalue weighted by Crippen LogP contribution is 2.40. The molecule has 123 heavy (non-hydrogen) atoms. The maximum Gasteiger partial charge on any atom is 0.555 e. The monoisotopic (exact) mass is 1750 g/mol. The molecule has 12 heterocycles. The summed E-state index contributed by atoms with van der Waals surface area (Å²) < 4.78 is 69.9. The number of hydrogen-bond donors (Lipinski definition) is 14. The number of amides is 6. The van der Waals surface area contributed by atoms with E-state index in [2.05, 4.69) is 0 Å². The van der Waals surface area contributed by atoms with Crippen molar-refractivity contribution in [2.24, 2.45) is 98.4 Å². The maximum atomic E-state index is 12.4. The number of fused-ring (bicyclic) bond motifs is 6. The maximum absolute atomic E-state index is 12.4. The predicted octanol–water partition coefficient (Wildman–Crippen LogP) is -8.98. The van der Waals surface area contributed by atoms with Gasteiger partial charge in [0.15, 0.2) is 5.54 Å². The number of likely N-dealkylation sites (tertiary alicyclic amines) is 6. The molecular formula is C72H132B6N18O27. The molecule has 6 amide bonds. The van der Waals surface area contributed by atoms with Gasteiger partial charge in [-0.25, -0.2) is 0 Å². The lowest BCUT2D eigenvalue weighted by molar-refractivity contribution is -0.144. The minimum atomic E-state index is -1.45. The van der Waals surface area contributed by atoms with Gasteiger partial charge in [-0.15, -0.1) is 0 Å². The molecule has 16 atom stereocenters. The van der Waals surface area contributed by atoms with E-state index in [4.69, 9.17) is 140 Å². The Labute approximate surface area is 720 Å². The number of aliphatic hydroxyl groups is 2. The van der Waals surface area contributed by atoms with Crippen LogP contribution < -0.4 is 68.8 Å². The van der Waals surface area contributed by atoms with E-state index in [-0.39, 0.29) is 137 Å². The minimum Gasteiger partial charge on any atom is -0.508 e. The predicted molar refractivity (Wildman–Crippen MR) is 445 cm³/mol. The second kappa shape index (κ2) is 44.8. The molecule has 12 saturated heterocycles. The summed E-state index contributed by atoms with van der Waals surface area (Å²) in [6, 6.07) is -3.21. The lowest BCUT2D eigenvalue weighted by Gasteiger charge is -2.26. The molecule has 690 valence electrons. The van der Waals surface area contributed by atoms with Crippen LogP contribution in [0.2, 0.25) is 31.6 Å². The fraction of sp³-hybridized carbons (Fsp3) is 0.833. The van der Waals surface area contributed by atoms with Crippen LogP contribution in [0.15, 0.2) is 0 Å². The molecule has 0 aromatic rings. The molecule has 45 nitrogen and oxygen atoms in total. The van der Waals surface area contributed by atoms with Gasteiger partial charge in [-0.2, -0.15) is 0 Å². The first-order valence-electron chi connectivity index (χ1n) is 42.5. The molecule has 0 aliphatic carbocycles. The Morgan fingerprint density at radius 1 is 0.374 bits per heavy atom. The summed E-state index contributed by atoms with van der Waals surface area (Å²) in [5.41, 5.74) is 63.0. The normalized spacial score (nSPS) is 30.7. The number of aliphatic hydroxyl groups excluding tert-OH is 2. The first-order chi connectivity index (χ1) is 57.7. The summed E-state index contributed by atoms with van der Waals surface area (Å²) in [6.45, 7) is 23.3. The molecule has 12 rings (SSSR count). The molecule has 0 bridgehead atoms. The summed E-state index contributed by atoms with van der Waals surface area (Å²) in [6.07, 6.45) is 5.53. The highest BCUT2D eigenvalue weighted by atomic mass is 16.7. The van der Waals surface area contributed by atoms with Crippen molar-refractivity contribution in [3.8, 4) is 0 Å². The van der Waals surface area contributed by atoms with Crippen LogP contribution in [0.5, 0.6) is 0 Å². The Morgan fingerprint density at radius 3 is 0.886 bits per heavy atom. The highest BCUT2D eigenvalue weighted by molar-refractivity contribution is 6.49. The summed E-state index contributed by atoms with van der Waals surface area (Å²) in [7, 11) is -3.55.